The SMILES string of the molecule is O=C(COC(=O)c1cccc(O)c1)Nc1ccccc1F. The average molecular weight is 289 g/mol. The van der Waals surface area contributed by atoms with E-state index in [0.29, 0.717) is 0 Å². The number of hydrogen-bond acceptors (Lipinski definition) is 4. The predicted octanol–water partition coefficient (Wildman–Crippen LogP) is 2.33. The number of ether oxygens (including phenoxy) is 1. The molecule has 0 saturated heterocycles. The molecule has 6 heteroatoms. The second-order valence-corrected chi connectivity index (χ2v) is 4.15. The quantitative estimate of drug-likeness (QED) is 0.847. The molecule has 0 aliphatic heterocycles. The molecule has 1 amide bonds. The summed E-state index contributed by atoms with van der Waals surface area (Å²) in [4.78, 5) is 23.2. The molecule has 2 aromatic rings. The Labute approximate surface area is 120 Å². The monoisotopic (exact) mass is 289 g/mol. The number of rotatable bonds is 4. The maximum atomic E-state index is 13.3. The van der Waals surface area contributed by atoms with Gasteiger partial charge in [0.05, 0.1) is 11.3 Å². The Bertz CT molecular complexity index is 672. The van der Waals surface area contributed by atoms with Gasteiger partial charge in [0.25, 0.3) is 5.91 Å². The van der Waals surface area contributed by atoms with Gasteiger partial charge < -0.3 is 15.2 Å². The Balaban J connectivity index is 1.90. The largest absolute Gasteiger partial charge is 0.508 e. The van der Waals surface area contributed by atoms with E-state index in [1.807, 2.05) is 0 Å². The Morgan fingerprint density at radius 1 is 1.14 bits per heavy atom. The first-order valence-electron chi connectivity index (χ1n) is 6.07. The van der Waals surface area contributed by atoms with Crippen LogP contribution in [-0.2, 0) is 9.53 Å². The summed E-state index contributed by atoms with van der Waals surface area (Å²) in [5, 5.41) is 11.5. The van der Waals surface area contributed by atoms with Crippen LogP contribution in [-0.4, -0.2) is 23.6 Å². The molecule has 2 N–H and O–H groups in total. The number of carbonyl (C=O) groups excluding carboxylic acids is 2. The zero-order valence-corrected chi connectivity index (χ0v) is 10.9. The van der Waals surface area contributed by atoms with Crippen LogP contribution in [0.5, 0.6) is 5.75 Å². The molecule has 2 rings (SSSR count). The van der Waals surface area contributed by atoms with Crippen molar-refractivity contribution in [1.29, 1.82) is 0 Å². The van der Waals surface area contributed by atoms with Crippen molar-refractivity contribution >= 4 is 17.6 Å². The molecule has 0 fully saturated rings. The van der Waals surface area contributed by atoms with E-state index in [2.05, 4.69) is 5.32 Å². The molecule has 21 heavy (non-hydrogen) atoms. The summed E-state index contributed by atoms with van der Waals surface area (Å²) in [6.45, 7) is -0.553. The average Bonchev–Trinajstić information content (AvgIpc) is 2.47. The number of phenols is 1. The molecule has 0 spiro atoms. The molecule has 0 heterocycles. The van der Waals surface area contributed by atoms with Gasteiger partial charge in [0.2, 0.25) is 0 Å². The highest BCUT2D eigenvalue weighted by atomic mass is 19.1. The van der Waals surface area contributed by atoms with E-state index in [1.165, 1.54) is 42.5 Å². The summed E-state index contributed by atoms with van der Waals surface area (Å²) in [5.74, 6) is -2.08. The fourth-order valence-electron chi connectivity index (χ4n) is 1.60. The fourth-order valence-corrected chi connectivity index (χ4v) is 1.60. The number of phenolic OH excluding ortho intramolecular Hbond substituents is 1. The van der Waals surface area contributed by atoms with E-state index in [-0.39, 0.29) is 17.0 Å². The third kappa shape index (κ3) is 4.04. The van der Waals surface area contributed by atoms with E-state index in [9.17, 15) is 19.1 Å². The number of amides is 1. The minimum Gasteiger partial charge on any atom is -0.508 e. The van der Waals surface area contributed by atoms with Crippen molar-refractivity contribution in [3.05, 3.63) is 59.9 Å². The normalized spacial score (nSPS) is 9.95. The molecule has 0 aromatic heterocycles. The van der Waals surface area contributed by atoms with Gasteiger partial charge in [-0.1, -0.05) is 18.2 Å². The highest BCUT2D eigenvalue weighted by molar-refractivity contribution is 5.95. The second-order valence-electron chi connectivity index (χ2n) is 4.15. The Morgan fingerprint density at radius 2 is 1.90 bits per heavy atom. The summed E-state index contributed by atoms with van der Waals surface area (Å²) in [6, 6.07) is 11.2. The number of para-hydroxylation sites is 1. The van der Waals surface area contributed by atoms with Gasteiger partial charge in [-0.25, -0.2) is 9.18 Å². The van der Waals surface area contributed by atoms with Crippen LogP contribution in [0.3, 0.4) is 0 Å². The van der Waals surface area contributed by atoms with Crippen LogP contribution in [0.4, 0.5) is 10.1 Å². The van der Waals surface area contributed by atoms with E-state index < -0.39 is 24.3 Å². The smallest absolute Gasteiger partial charge is 0.338 e. The molecular formula is C15H12FNO4. The molecule has 0 atom stereocenters. The van der Waals surface area contributed by atoms with Crippen LogP contribution in [0.25, 0.3) is 0 Å². The molecule has 0 unspecified atom stereocenters. The highest BCUT2D eigenvalue weighted by Gasteiger charge is 2.12. The minimum atomic E-state index is -0.755. The molecular weight excluding hydrogens is 277 g/mol. The molecule has 2 aromatic carbocycles. The number of esters is 1. The lowest BCUT2D eigenvalue weighted by atomic mass is 10.2. The maximum absolute atomic E-state index is 13.3. The van der Waals surface area contributed by atoms with Crippen molar-refractivity contribution in [2.45, 2.75) is 0 Å². The van der Waals surface area contributed by atoms with Gasteiger partial charge >= 0.3 is 5.97 Å². The third-order valence-corrected chi connectivity index (χ3v) is 2.56. The van der Waals surface area contributed by atoms with Crippen LogP contribution in [0.1, 0.15) is 10.4 Å². The van der Waals surface area contributed by atoms with Crippen molar-refractivity contribution in [2.75, 3.05) is 11.9 Å². The Kier molecular flexibility index (Phi) is 4.50. The van der Waals surface area contributed by atoms with E-state index >= 15 is 0 Å². The zero-order valence-electron chi connectivity index (χ0n) is 10.9. The summed E-state index contributed by atoms with van der Waals surface area (Å²) in [6.07, 6.45) is 0. The summed E-state index contributed by atoms with van der Waals surface area (Å²) in [5.41, 5.74) is 0.129. The van der Waals surface area contributed by atoms with Gasteiger partial charge in [-0.3, -0.25) is 4.79 Å². The van der Waals surface area contributed by atoms with E-state index in [4.69, 9.17) is 4.74 Å². The van der Waals surface area contributed by atoms with Crippen molar-refractivity contribution in [3.63, 3.8) is 0 Å². The van der Waals surface area contributed by atoms with E-state index in [1.54, 1.807) is 6.07 Å². The van der Waals surface area contributed by atoms with Gasteiger partial charge in [-0.15, -0.1) is 0 Å². The zero-order chi connectivity index (χ0) is 15.2. The predicted molar refractivity (Wildman–Crippen MR) is 73.4 cm³/mol. The van der Waals surface area contributed by atoms with Crippen molar-refractivity contribution in [2.24, 2.45) is 0 Å². The van der Waals surface area contributed by atoms with Gasteiger partial charge in [-0.05, 0) is 30.3 Å². The second kappa shape index (κ2) is 6.51. The molecule has 0 radical (unpaired) electrons. The van der Waals surface area contributed by atoms with Crippen LogP contribution < -0.4 is 5.32 Å². The number of carbonyl (C=O) groups is 2. The van der Waals surface area contributed by atoms with Crippen molar-refractivity contribution in [3.8, 4) is 5.75 Å². The van der Waals surface area contributed by atoms with Gasteiger partial charge in [0, 0.05) is 0 Å². The number of anilines is 1. The minimum absolute atomic E-state index is 0.0101. The number of hydrogen-bond donors (Lipinski definition) is 2. The number of benzene rings is 2. The van der Waals surface area contributed by atoms with Gasteiger partial charge in [0.15, 0.2) is 6.61 Å². The molecule has 0 saturated carbocycles. The Hall–Kier alpha value is -2.89. The van der Waals surface area contributed by atoms with Crippen LogP contribution in [0.15, 0.2) is 48.5 Å². The lowest BCUT2D eigenvalue weighted by Gasteiger charge is -2.07. The molecule has 0 bridgehead atoms. The van der Waals surface area contributed by atoms with Crippen molar-refractivity contribution < 1.29 is 23.8 Å². The lowest BCUT2D eigenvalue weighted by Crippen LogP contribution is -2.21. The summed E-state index contributed by atoms with van der Waals surface area (Å²) in [7, 11) is 0. The molecule has 0 aliphatic rings. The van der Waals surface area contributed by atoms with Crippen LogP contribution in [0, 0.1) is 5.82 Å². The first-order valence-corrected chi connectivity index (χ1v) is 6.07. The summed E-state index contributed by atoms with van der Waals surface area (Å²) < 4.78 is 18.1. The van der Waals surface area contributed by atoms with Gasteiger partial charge in [0.1, 0.15) is 11.6 Å². The molecule has 5 nitrogen and oxygen atoms in total. The standard InChI is InChI=1S/C15H12FNO4/c16-12-6-1-2-7-13(12)17-14(19)9-21-15(20)10-4-3-5-11(18)8-10/h1-8,18H,9H2,(H,17,19). The summed E-state index contributed by atoms with van der Waals surface area (Å²) >= 11 is 0. The number of aromatic hydroxyl groups is 1. The first-order chi connectivity index (χ1) is 10.1. The van der Waals surface area contributed by atoms with Crippen molar-refractivity contribution in [1.82, 2.24) is 0 Å². The van der Waals surface area contributed by atoms with Crippen LogP contribution >= 0.6 is 0 Å². The van der Waals surface area contributed by atoms with Gasteiger partial charge in [-0.2, -0.15) is 0 Å². The first kappa shape index (κ1) is 14.5. The number of halogens is 1. The topological polar surface area (TPSA) is 75.6 Å². The fraction of sp³-hybridized carbons (Fsp3) is 0.0667. The van der Waals surface area contributed by atoms with Crippen LogP contribution in [0.2, 0.25) is 0 Å². The highest BCUT2D eigenvalue weighted by Crippen LogP contribution is 2.13. The molecule has 0 aliphatic carbocycles. The third-order valence-electron chi connectivity index (χ3n) is 2.56. The van der Waals surface area contributed by atoms with E-state index in [0.717, 1.165) is 0 Å². The number of nitrogens with one attached hydrogen (secondary N) is 1. The lowest BCUT2D eigenvalue weighted by molar-refractivity contribution is -0.119. The Morgan fingerprint density at radius 3 is 2.62 bits per heavy atom. The molecule has 108 valence electrons. The maximum Gasteiger partial charge on any atom is 0.338 e.